The normalized spacial score (nSPS) is 13.0. The highest BCUT2D eigenvalue weighted by molar-refractivity contribution is 6.06. The van der Waals surface area contributed by atoms with Gasteiger partial charge in [-0.25, -0.2) is 4.98 Å². The molecule has 6 heteroatoms. The van der Waals surface area contributed by atoms with Gasteiger partial charge in [0.15, 0.2) is 0 Å². The second-order valence-corrected chi connectivity index (χ2v) is 6.29. The Hall–Kier alpha value is -3.46. The van der Waals surface area contributed by atoms with Crippen LogP contribution >= 0.6 is 0 Å². The minimum Gasteiger partial charge on any atom is -0.321 e. The first-order valence-electron chi connectivity index (χ1n) is 8.51. The summed E-state index contributed by atoms with van der Waals surface area (Å²) in [6.07, 6.45) is 2.78. The number of amides is 1. The molecular weight excluding hydrogens is 328 g/mol. The Balaban J connectivity index is 1.72. The van der Waals surface area contributed by atoms with Gasteiger partial charge >= 0.3 is 0 Å². The predicted octanol–water partition coefficient (Wildman–Crippen LogP) is 2.86. The maximum Gasteiger partial charge on any atom is 0.261 e. The van der Waals surface area contributed by atoms with Crippen LogP contribution in [0.2, 0.25) is 0 Å². The third-order valence-electron chi connectivity index (χ3n) is 4.62. The molecule has 0 radical (unpaired) electrons. The summed E-state index contributed by atoms with van der Waals surface area (Å²) in [7, 11) is 0. The lowest BCUT2D eigenvalue weighted by molar-refractivity contribution is 0.102. The second kappa shape index (κ2) is 6.45. The first-order chi connectivity index (χ1) is 12.7. The fourth-order valence-corrected chi connectivity index (χ4v) is 3.27. The van der Waals surface area contributed by atoms with E-state index in [1.54, 1.807) is 47.0 Å². The van der Waals surface area contributed by atoms with E-state index in [0.717, 1.165) is 25.1 Å². The average molecular weight is 344 g/mol. The Morgan fingerprint density at radius 3 is 2.88 bits per heavy atom. The Bertz CT molecular complexity index is 1120. The molecule has 0 saturated heterocycles. The van der Waals surface area contributed by atoms with E-state index >= 15 is 0 Å². The molecule has 0 saturated carbocycles. The third kappa shape index (κ3) is 2.74. The van der Waals surface area contributed by atoms with E-state index in [0.29, 0.717) is 34.3 Å². The van der Waals surface area contributed by atoms with Gasteiger partial charge < -0.3 is 5.32 Å². The van der Waals surface area contributed by atoms with Crippen LogP contribution < -0.4 is 10.9 Å². The minimum absolute atomic E-state index is 0.0496. The van der Waals surface area contributed by atoms with Gasteiger partial charge in [-0.15, -0.1) is 0 Å². The zero-order chi connectivity index (χ0) is 18.1. The maximum absolute atomic E-state index is 12.6. The third-order valence-corrected chi connectivity index (χ3v) is 4.62. The van der Waals surface area contributed by atoms with E-state index in [2.05, 4.69) is 16.4 Å². The van der Waals surface area contributed by atoms with Crippen LogP contribution in [0, 0.1) is 11.3 Å². The maximum atomic E-state index is 12.6. The Labute approximate surface area is 149 Å². The van der Waals surface area contributed by atoms with Crippen LogP contribution in [0.1, 0.15) is 34.6 Å². The number of nitrogens with zero attached hydrogens (tertiary/aromatic N) is 3. The molecule has 0 spiro atoms. The summed E-state index contributed by atoms with van der Waals surface area (Å²) in [5, 5.41) is 12.4. The van der Waals surface area contributed by atoms with Crippen molar-refractivity contribution in [2.75, 3.05) is 5.32 Å². The zero-order valence-corrected chi connectivity index (χ0v) is 14.0. The van der Waals surface area contributed by atoms with Gasteiger partial charge in [-0.1, -0.05) is 12.1 Å². The van der Waals surface area contributed by atoms with E-state index in [-0.39, 0.29) is 11.5 Å². The van der Waals surface area contributed by atoms with Gasteiger partial charge in [0, 0.05) is 18.5 Å². The first-order valence-corrected chi connectivity index (χ1v) is 8.51. The van der Waals surface area contributed by atoms with Crippen LogP contribution in [0.4, 0.5) is 5.69 Å². The summed E-state index contributed by atoms with van der Waals surface area (Å²) in [6, 6.07) is 13.8. The number of aryl methyl sites for hydroxylation is 1. The Morgan fingerprint density at radius 1 is 1.19 bits per heavy atom. The van der Waals surface area contributed by atoms with Crippen molar-refractivity contribution >= 4 is 22.5 Å². The van der Waals surface area contributed by atoms with E-state index < -0.39 is 0 Å². The van der Waals surface area contributed by atoms with Gasteiger partial charge in [0.25, 0.3) is 11.5 Å². The summed E-state index contributed by atoms with van der Waals surface area (Å²) in [4.78, 5) is 29.8. The lowest BCUT2D eigenvalue weighted by Gasteiger charge is -2.17. The molecule has 1 aliphatic rings. The van der Waals surface area contributed by atoms with Crippen LogP contribution in [-0.4, -0.2) is 15.5 Å². The quantitative estimate of drug-likeness (QED) is 0.774. The minimum atomic E-state index is -0.339. The number of rotatable bonds is 2. The summed E-state index contributed by atoms with van der Waals surface area (Å²) in [5.74, 6) is 0.440. The number of anilines is 1. The molecule has 128 valence electrons. The topological polar surface area (TPSA) is 87.8 Å². The van der Waals surface area contributed by atoms with Crippen molar-refractivity contribution in [2.24, 2.45) is 0 Å². The lowest BCUT2D eigenvalue weighted by Crippen LogP contribution is -2.28. The van der Waals surface area contributed by atoms with Gasteiger partial charge in [-0.2, -0.15) is 5.26 Å². The smallest absolute Gasteiger partial charge is 0.261 e. The molecule has 26 heavy (non-hydrogen) atoms. The summed E-state index contributed by atoms with van der Waals surface area (Å²) in [6.45, 7) is 0.699. The molecule has 1 aliphatic heterocycles. The molecule has 1 amide bonds. The SMILES string of the molecule is N#Cc1ccccc1NC(=O)c1ccc2c(=O)n3c(nc2c1)CCCC3. The van der Waals surface area contributed by atoms with Gasteiger partial charge in [-0.05, 0) is 43.2 Å². The molecule has 3 aromatic rings. The van der Waals surface area contributed by atoms with Crippen molar-refractivity contribution in [3.05, 3.63) is 69.8 Å². The van der Waals surface area contributed by atoms with Crippen LogP contribution in [-0.2, 0) is 13.0 Å². The van der Waals surface area contributed by atoms with Crippen LogP contribution in [0.25, 0.3) is 10.9 Å². The fraction of sp³-hybridized carbons (Fsp3) is 0.200. The van der Waals surface area contributed by atoms with Crippen molar-refractivity contribution in [3.8, 4) is 6.07 Å². The Morgan fingerprint density at radius 2 is 2.04 bits per heavy atom. The molecule has 4 rings (SSSR count). The number of carbonyl (C=O) groups excluding carboxylic acids is 1. The molecule has 0 aliphatic carbocycles. The second-order valence-electron chi connectivity index (χ2n) is 6.29. The molecular formula is C20H16N4O2. The molecule has 0 atom stereocenters. The van der Waals surface area contributed by atoms with E-state index in [4.69, 9.17) is 5.26 Å². The molecule has 2 aromatic carbocycles. The number of hydrogen-bond donors (Lipinski definition) is 1. The van der Waals surface area contributed by atoms with Crippen molar-refractivity contribution in [3.63, 3.8) is 0 Å². The zero-order valence-electron chi connectivity index (χ0n) is 14.0. The van der Waals surface area contributed by atoms with Gasteiger partial charge in [0.1, 0.15) is 11.9 Å². The molecule has 1 aromatic heterocycles. The largest absolute Gasteiger partial charge is 0.321 e. The number of carbonyl (C=O) groups is 1. The highest BCUT2D eigenvalue weighted by Gasteiger charge is 2.16. The van der Waals surface area contributed by atoms with Gasteiger partial charge in [0.05, 0.1) is 22.2 Å². The van der Waals surface area contributed by atoms with Crippen molar-refractivity contribution in [2.45, 2.75) is 25.8 Å². The summed E-state index contributed by atoms with van der Waals surface area (Å²) in [5.41, 5.74) is 1.74. The van der Waals surface area contributed by atoms with Crippen LogP contribution in [0.5, 0.6) is 0 Å². The first kappa shape index (κ1) is 16.0. The standard InChI is InChI=1S/C20H16N4O2/c21-12-14-5-1-2-6-16(14)23-19(25)13-8-9-15-17(11-13)22-18-7-3-4-10-24(18)20(15)26/h1-2,5-6,8-9,11H,3-4,7,10H2,(H,23,25). The fourth-order valence-electron chi connectivity index (χ4n) is 3.27. The summed E-state index contributed by atoms with van der Waals surface area (Å²) < 4.78 is 1.73. The average Bonchev–Trinajstić information content (AvgIpc) is 2.68. The molecule has 0 bridgehead atoms. The van der Waals surface area contributed by atoms with Crippen molar-refractivity contribution < 1.29 is 4.79 Å². The predicted molar refractivity (Wildman–Crippen MR) is 98.1 cm³/mol. The van der Waals surface area contributed by atoms with Crippen LogP contribution in [0.3, 0.4) is 0 Å². The van der Waals surface area contributed by atoms with Crippen LogP contribution in [0.15, 0.2) is 47.3 Å². The monoisotopic (exact) mass is 344 g/mol. The van der Waals surface area contributed by atoms with Gasteiger partial charge in [-0.3, -0.25) is 14.2 Å². The number of nitriles is 1. The van der Waals surface area contributed by atoms with E-state index in [1.165, 1.54) is 0 Å². The van der Waals surface area contributed by atoms with Crippen molar-refractivity contribution in [1.29, 1.82) is 5.26 Å². The number of aromatic nitrogens is 2. The van der Waals surface area contributed by atoms with Gasteiger partial charge in [0.2, 0.25) is 0 Å². The lowest BCUT2D eigenvalue weighted by atomic mass is 10.1. The van der Waals surface area contributed by atoms with Crippen molar-refractivity contribution in [1.82, 2.24) is 9.55 Å². The number of fused-ring (bicyclic) bond motifs is 2. The molecule has 0 fully saturated rings. The number of nitrogens with one attached hydrogen (secondary N) is 1. The molecule has 2 heterocycles. The van der Waals surface area contributed by atoms with E-state index in [1.807, 2.05) is 0 Å². The number of hydrogen-bond acceptors (Lipinski definition) is 4. The highest BCUT2D eigenvalue weighted by Crippen LogP contribution is 2.18. The summed E-state index contributed by atoms with van der Waals surface area (Å²) >= 11 is 0. The van der Waals surface area contributed by atoms with E-state index in [9.17, 15) is 9.59 Å². The number of para-hydroxylation sites is 1. The molecule has 6 nitrogen and oxygen atoms in total. The highest BCUT2D eigenvalue weighted by atomic mass is 16.1. The Kier molecular flexibility index (Phi) is 3.98. The molecule has 1 N–H and O–H groups in total. The molecule has 0 unspecified atom stereocenters. The number of benzene rings is 2.